The Bertz CT molecular complexity index is 1320. The SMILES string of the molecule is CCCCC/C=C\C/C=C\C/C=C\CCCCCC(O)C(=O)NC(COC1OC(CO)C(O)C(O)C1OC(=O)CCCCCCCCCCCCCCC)C(O)/C=C/CCCCCCCCCCCC. The van der Waals surface area contributed by atoms with E-state index < -0.39 is 67.4 Å². The van der Waals surface area contributed by atoms with Crippen molar-refractivity contribution in [1.82, 2.24) is 5.32 Å². The summed E-state index contributed by atoms with van der Waals surface area (Å²) in [6.45, 7) is 5.73. The second kappa shape index (κ2) is 47.6. The Morgan fingerprint density at radius 2 is 0.986 bits per heavy atom. The van der Waals surface area contributed by atoms with Crippen LogP contribution in [0.1, 0.15) is 252 Å². The van der Waals surface area contributed by atoms with Crippen LogP contribution in [0.15, 0.2) is 48.6 Å². The molecule has 0 spiro atoms. The summed E-state index contributed by atoms with van der Waals surface area (Å²) >= 11 is 0. The van der Waals surface area contributed by atoms with Crippen LogP contribution in [0.4, 0.5) is 0 Å². The van der Waals surface area contributed by atoms with Crippen molar-refractivity contribution < 1.29 is 49.3 Å². The van der Waals surface area contributed by atoms with E-state index in [9.17, 15) is 35.1 Å². The lowest BCUT2D eigenvalue weighted by Gasteiger charge is -2.41. The fourth-order valence-corrected chi connectivity index (χ4v) is 8.83. The number of carbonyl (C=O) groups is 2. The largest absolute Gasteiger partial charge is 0.454 e. The molecule has 70 heavy (non-hydrogen) atoms. The number of aliphatic hydroxyl groups is 5. The van der Waals surface area contributed by atoms with Crippen LogP contribution >= 0.6 is 0 Å². The fourth-order valence-electron chi connectivity index (χ4n) is 8.83. The smallest absolute Gasteiger partial charge is 0.306 e. The molecule has 8 unspecified atom stereocenters. The van der Waals surface area contributed by atoms with Gasteiger partial charge in [-0.1, -0.05) is 230 Å². The molecule has 1 rings (SSSR count). The summed E-state index contributed by atoms with van der Waals surface area (Å²) < 4.78 is 17.6. The molecule has 11 heteroatoms. The highest BCUT2D eigenvalue weighted by molar-refractivity contribution is 5.80. The van der Waals surface area contributed by atoms with Crippen LogP contribution in [0.3, 0.4) is 0 Å². The highest BCUT2D eigenvalue weighted by Crippen LogP contribution is 2.26. The summed E-state index contributed by atoms with van der Waals surface area (Å²) in [7, 11) is 0. The quantitative estimate of drug-likeness (QED) is 0.0196. The normalized spacial score (nSPS) is 20.0. The van der Waals surface area contributed by atoms with E-state index in [1.54, 1.807) is 6.08 Å². The highest BCUT2D eigenvalue weighted by Gasteiger charge is 2.47. The number of aliphatic hydroxyl groups excluding tert-OH is 5. The molecule has 1 fully saturated rings. The third-order valence-corrected chi connectivity index (χ3v) is 13.5. The average Bonchev–Trinajstić information content (AvgIpc) is 3.36. The zero-order valence-electron chi connectivity index (χ0n) is 44.9. The number of allylic oxidation sites excluding steroid dienone is 7. The van der Waals surface area contributed by atoms with Gasteiger partial charge in [0.25, 0.3) is 0 Å². The molecule has 0 aromatic carbocycles. The van der Waals surface area contributed by atoms with Gasteiger partial charge >= 0.3 is 5.97 Å². The van der Waals surface area contributed by atoms with E-state index in [-0.39, 0.29) is 19.4 Å². The summed E-state index contributed by atoms with van der Waals surface area (Å²) in [6.07, 6.45) is 45.8. The van der Waals surface area contributed by atoms with Crippen LogP contribution < -0.4 is 5.32 Å². The van der Waals surface area contributed by atoms with Crippen LogP contribution in [0, 0.1) is 0 Å². The number of carbonyl (C=O) groups excluding carboxylic acids is 2. The maximum atomic E-state index is 13.4. The third-order valence-electron chi connectivity index (χ3n) is 13.5. The number of ether oxygens (including phenoxy) is 3. The van der Waals surface area contributed by atoms with Gasteiger partial charge in [0.05, 0.1) is 25.4 Å². The molecule has 0 aliphatic carbocycles. The summed E-state index contributed by atoms with van der Waals surface area (Å²) in [4.78, 5) is 26.4. The number of esters is 1. The zero-order valence-corrected chi connectivity index (χ0v) is 44.9. The van der Waals surface area contributed by atoms with Gasteiger partial charge < -0.3 is 45.1 Å². The lowest BCUT2D eigenvalue weighted by Crippen LogP contribution is -2.61. The van der Waals surface area contributed by atoms with E-state index in [2.05, 4.69) is 62.5 Å². The zero-order chi connectivity index (χ0) is 51.1. The Labute approximate surface area is 427 Å². The van der Waals surface area contributed by atoms with Gasteiger partial charge in [-0.15, -0.1) is 0 Å². The predicted octanol–water partition coefficient (Wildman–Crippen LogP) is 12.9. The minimum absolute atomic E-state index is 0.123. The molecule has 0 aromatic heterocycles. The van der Waals surface area contributed by atoms with Gasteiger partial charge in [0.1, 0.15) is 24.4 Å². The van der Waals surface area contributed by atoms with Crippen LogP contribution in [0.5, 0.6) is 0 Å². The van der Waals surface area contributed by atoms with Gasteiger partial charge in [-0.2, -0.15) is 0 Å². The fraction of sp³-hybridized carbons (Fsp3) is 0.831. The number of unbranched alkanes of at least 4 members (excludes halogenated alkanes) is 28. The molecule has 6 N–H and O–H groups in total. The van der Waals surface area contributed by atoms with Crippen molar-refractivity contribution in [3.05, 3.63) is 48.6 Å². The van der Waals surface area contributed by atoms with Crippen molar-refractivity contribution in [3.8, 4) is 0 Å². The molecule has 8 atom stereocenters. The lowest BCUT2D eigenvalue weighted by molar-refractivity contribution is -0.305. The number of hydrogen-bond donors (Lipinski definition) is 6. The first-order valence-electron chi connectivity index (χ1n) is 28.9. The molecule has 1 amide bonds. The van der Waals surface area contributed by atoms with E-state index in [4.69, 9.17) is 14.2 Å². The number of rotatable bonds is 48. The number of nitrogens with one attached hydrogen (secondary N) is 1. The third kappa shape index (κ3) is 35.7. The van der Waals surface area contributed by atoms with Crippen molar-refractivity contribution in [1.29, 1.82) is 0 Å². The molecule has 1 saturated heterocycles. The lowest BCUT2D eigenvalue weighted by atomic mass is 9.99. The van der Waals surface area contributed by atoms with E-state index in [1.165, 1.54) is 128 Å². The Balaban J connectivity index is 2.75. The molecule has 0 aromatic rings. The van der Waals surface area contributed by atoms with Crippen LogP contribution in [-0.2, 0) is 23.8 Å². The first-order valence-corrected chi connectivity index (χ1v) is 28.9. The van der Waals surface area contributed by atoms with Crippen LogP contribution in [0.25, 0.3) is 0 Å². The molecule has 408 valence electrons. The summed E-state index contributed by atoms with van der Waals surface area (Å²) in [5, 5.41) is 56.8. The minimum Gasteiger partial charge on any atom is -0.454 e. The Kier molecular flexibility index (Phi) is 44.6. The number of hydrogen-bond acceptors (Lipinski definition) is 10. The molecule has 1 aliphatic rings. The van der Waals surface area contributed by atoms with Crippen LogP contribution in [0.2, 0.25) is 0 Å². The van der Waals surface area contributed by atoms with Crippen molar-refractivity contribution in [3.63, 3.8) is 0 Å². The van der Waals surface area contributed by atoms with E-state index in [0.717, 1.165) is 77.0 Å². The van der Waals surface area contributed by atoms with Crippen molar-refractivity contribution >= 4 is 11.9 Å². The highest BCUT2D eigenvalue weighted by atomic mass is 16.7. The maximum Gasteiger partial charge on any atom is 0.306 e. The predicted molar refractivity (Wildman–Crippen MR) is 287 cm³/mol. The van der Waals surface area contributed by atoms with Crippen LogP contribution in [-0.4, -0.2) is 99.6 Å². The monoisotopic (exact) mass is 990 g/mol. The number of amides is 1. The van der Waals surface area contributed by atoms with Crippen molar-refractivity contribution in [2.24, 2.45) is 0 Å². The van der Waals surface area contributed by atoms with Crippen molar-refractivity contribution in [2.75, 3.05) is 13.2 Å². The van der Waals surface area contributed by atoms with Gasteiger partial charge in [0.2, 0.25) is 5.91 Å². The van der Waals surface area contributed by atoms with Gasteiger partial charge in [-0.25, -0.2) is 0 Å². The summed E-state index contributed by atoms with van der Waals surface area (Å²) in [5.41, 5.74) is 0. The standard InChI is InChI=1S/C59H107NO10/c1-4-7-10-13-16-19-22-25-26-27-29-31-34-37-40-43-46-52(63)58(67)60-50(51(62)45-42-39-36-33-30-24-21-18-15-12-9-6-3)49-68-59-57(56(66)55(65)53(48-61)69-59)70-54(64)47-44-41-38-35-32-28-23-20-17-14-11-8-5-2/h16,19,25-26,29,31,42,45,50-53,55-57,59,61-63,65-66H,4-15,17-18,20-24,27-28,30,32-41,43-44,46-49H2,1-3H3,(H,60,67)/b19-16-,26-25-,31-29-,45-42+. The van der Waals surface area contributed by atoms with Gasteiger partial charge in [-0.3, -0.25) is 9.59 Å². The Morgan fingerprint density at radius 1 is 0.557 bits per heavy atom. The van der Waals surface area contributed by atoms with Gasteiger partial charge in [-0.05, 0) is 64.2 Å². The first-order chi connectivity index (χ1) is 34.2. The van der Waals surface area contributed by atoms with E-state index >= 15 is 0 Å². The topological polar surface area (TPSA) is 175 Å². The Morgan fingerprint density at radius 3 is 1.50 bits per heavy atom. The van der Waals surface area contributed by atoms with Crippen molar-refractivity contribution in [2.45, 2.75) is 301 Å². The molecule has 0 radical (unpaired) electrons. The van der Waals surface area contributed by atoms with Gasteiger partial charge in [0, 0.05) is 6.42 Å². The second-order valence-corrected chi connectivity index (χ2v) is 20.0. The first kappa shape index (κ1) is 65.6. The summed E-state index contributed by atoms with van der Waals surface area (Å²) in [6, 6.07) is -1.03. The van der Waals surface area contributed by atoms with Gasteiger partial charge in [0.15, 0.2) is 12.4 Å². The summed E-state index contributed by atoms with van der Waals surface area (Å²) in [5.74, 6) is -1.21. The molecule has 1 aliphatic heterocycles. The second-order valence-electron chi connectivity index (χ2n) is 20.0. The molecular weight excluding hydrogens is 883 g/mol. The maximum absolute atomic E-state index is 13.4. The molecule has 11 nitrogen and oxygen atoms in total. The molecule has 0 bridgehead atoms. The minimum atomic E-state index is -1.61. The van der Waals surface area contributed by atoms with E-state index in [1.807, 2.05) is 6.08 Å². The molecular formula is C59H107NO10. The average molecular weight is 991 g/mol. The molecule has 0 saturated carbocycles. The Hall–Kier alpha value is -2.38. The van der Waals surface area contributed by atoms with E-state index in [0.29, 0.717) is 12.8 Å². The molecule has 1 heterocycles.